The average Bonchev–Trinajstić information content (AvgIpc) is 3.04. The van der Waals surface area contributed by atoms with E-state index in [4.69, 9.17) is 0 Å². The van der Waals surface area contributed by atoms with Crippen molar-refractivity contribution in [3.8, 4) is 11.1 Å². The Morgan fingerprint density at radius 3 is 2.63 bits per heavy atom. The number of hydrogen-bond acceptors (Lipinski definition) is 3. The van der Waals surface area contributed by atoms with E-state index in [9.17, 15) is 9.90 Å². The summed E-state index contributed by atoms with van der Waals surface area (Å²) >= 11 is 0. The number of aromatic nitrogens is 1. The van der Waals surface area contributed by atoms with Gasteiger partial charge in [0.1, 0.15) is 0 Å². The fourth-order valence-corrected chi connectivity index (χ4v) is 4.52. The largest absolute Gasteiger partial charge is 0.393 e. The Morgan fingerprint density at radius 2 is 1.89 bits per heavy atom. The van der Waals surface area contributed by atoms with E-state index in [-0.39, 0.29) is 17.9 Å². The van der Waals surface area contributed by atoms with Crippen molar-refractivity contribution in [3.63, 3.8) is 0 Å². The molecule has 2 heterocycles. The van der Waals surface area contributed by atoms with Crippen LogP contribution in [0.1, 0.15) is 22.5 Å². The molecule has 0 unspecified atom stereocenters. The lowest BCUT2D eigenvalue weighted by Gasteiger charge is -2.34. The third-order valence-electron chi connectivity index (χ3n) is 6.13. The quantitative estimate of drug-likeness (QED) is 0.761. The first kappa shape index (κ1) is 16.5. The number of likely N-dealkylation sites (tertiary alicyclic amines) is 1. The first-order chi connectivity index (χ1) is 13.1. The number of amides is 1. The van der Waals surface area contributed by atoms with Gasteiger partial charge in [0.2, 0.25) is 0 Å². The molecule has 4 nitrogen and oxygen atoms in total. The van der Waals surface area contributed by atoms with E-state index in [1.54, 1.807) is 0 Å². The van der Waals surface area contributed by atoms with Crippen LogP contribution in [0, 0.1) is 18.8 Å². The van der Waals surface area contributed by atoms with Gasteiger partial charge in [0, 0.05) is 35.7 Å². The molecule has 3 aromatic rings. The number of pyridine rings is 1. The van der Waals surface area contributed by atoms with Gasteiger partial charge in [-0.25, -0.2) is 0 Å². The number of carbonyl (C=O) groups is 1. The summed E-state index contributed by atoms with van der Waals surface area (Å²) in [5.41, 5.74) is 4.91. The summed E-state index contributed by atoms with van der Waals surface area (Å²) in [4.78, 5) is 19.3. The van der Waals surface area contributed by atoms with E-state index in [0.717, 1.165) is 40.7 Å². The first-order valence-electron chi connectivity index (χ1n) is 9.54. The molecule has 5 rings (SSSR count). The summed E-state index contributed by atoms with van der Waals surface area (Å²) in [5.74, 6) is 0.827. The normalized spacial score (nSPS) is 23.9. The third kappa shape index (κ3) is 2.72. The van der Waals surface area contributed by atoms with Gasteiger partial charge < -0.3 is 10.0 Å². The molecule has 1 aliphatic carbocycles. The number of benzene rings is 2. The minimum absolute atomic E-state index is 0.0679. The molecule has 0 spiro atoms. The highest BCUT2D eigenvalue weighted by Gasteiger charge is 2.47. The van der Waals surface area contributed by atoms with Crippen LogP contribution in [-0.4, -0.2) is 40.1 Å². The molecule has 1 amide bonds. The molecule has 0 radical (unpaired) electrons. The predicted octanol–water partition coefficient (Wildman–Crippen LogP) is 3.66. The molecule has 1 aromatic heterocycles. The Morgan fingerprint density at radius 1 is 1.07 bits per heavy atom. The second kappa shape index (κ2) is 6.17. The van der Waals surface area contributed by atoms with Gasteiger partial charge in [-0.2, -0.15) is 0 Å². The summed E-state index contributed by atoms with van der Waals surface area (Å²) in [7, 11) is 0. The number of nitrogens with zero attached hydrogens (tertiary/aromatic N) is 2. The van der Waals surface area contributed by atoms with Crippen LogP contribution >= 0.6 is 0 Å². The van der Waals surface area contributed by atoms with E-state index >= 15 is 0 Å². The molecule has 3 atom stereocenters. The second-order valence-electron chi connectivity index (χ2n) is 7.84. The first-order valence-corrected chi connectivity index (χ1v) is 9.54. The van der Waals surface area contributed by atoms with E-state index < -0.39 is 0 Å². The van der Waals surface area contributed by atoms with Crippen molar-refractivity contribution < 1.29 is 9.90 Å². The maximum Gasteiger partial charge on any atom is 0.253 e. The second-order valence-corrected chi connectivity index (χ2v) is 7.84. The van der Waals surface area contributed by atoms with Crippen molar-refractivity contribution in [2.24, 2.45) is 11.8 Å². The van der Waals surface area contributed by atoms with Crippen LogP contribution in [0.2, 0.25) is 0 Å². The molecule has 136 valence electrons. The van der Waals surface area contributed by atoms with E-state index in [2.05, 4.69) is 17.1 Å². The van der Waals surface area contributed by atoms with Crippen molar-refractivity contribution >= 4 is 16.8 Å². The van der Waals surface area contributed by atoms with Gasteiger partial charge in [0.25, 0.3) is 5.91 Å². The lowest BCUT2D eigenvalue weighted by atomic mass is 9.74. The van der Waals surface area contributed by atoms with Gasteiger partial charge >= 0.3 is 0 Å². The maximum absolute atomic E-state index is 12.8. The molecule has 1 aliphatic heterocycles. The molecular formula is C23H22N2O2. The van der Waals surface area contributed by atoms with Gasteiger partial charge in [0.05, 0.1) is 11.6 Å². The number of fused-ring (bicyclic) bond motifs is 2. The zero-order valence-electron chi connectivity index (χ0n) is 15.3. The Hall–Kier alpha value is -2.72. The van der Waals surface area contributed by atoms with Gasteiger partial charge in [-0.3, -0.25) is 9.78 Å². The lowest BCUT2D eigenvalue weighted by Crippen LogP contribution is -2.39. The number of hydrogen-bond donors (Lipinski definition) is 1. The van der Waals surface area contributed by atoms with E-state index in [1.807, 2.05) is 54.3 Å². The van der Waals surface area contributed by atoms with Crippen molar-refractivity contribution in [1.29, 1.82) is 0 Å². The zero-order chi connectivity index (χ0) is 18.5. The molecular weight excluding hydrogens is 336 g/mol. The van der Waals surface area contributed by atoms with Crippen molar-refractivity contribution in [3.05, 3.63) is 65.9 Å². The van der Waals surface area contributed by atoms with Crippen LogP contribution in [-0.2, 0) is 0 Å². The highest BCUT2D eigenvalue weighted by molar-refractivity contribution is 5.97. The number of aliphatic hydroxyl groups excluding tert-OH is 1. The molecule has 1 saturated carbocycles. The fourth-order valence-electron chi connectivity index (χ4n) is 4.52. The van der Waals surface area contributed by atoms with Crippen LogP contribution in [0.3, 0.4) is 0 Å². The van der Waals surface area contributed by atoms with Crippen LogP contribution < -0.4 is 0 Å². The smallest absolute Gasteiger partial charge is 0.253 e. The number of rotatable bonds is 2. The molecule has 0 bridgehead atoms. The Labute approximate surface area is 158 Å². The monoisotopic (exact) mass is 358 g/mol. The van der Waals surface area contributed by atoms with Crippen molar-refractivity contribution in [2.75, 3.05) is 13.1 Å². The van der Waals surface area contributed by atoms with Crippen LogP contribution in [0.4, 0.5) is 0 Å². The lowest BCUT2D eigenvalue weighted by molar-refractivity contribution is -0.00427. The molecule has 2 aromatic carbocycles. The highest BCUT2D eigenvalue weighted by Crippen LogP contribution is 2.41. The number of carbonyl (C=O) groups excluding carboxylic acids is 1. The summed E-state index contributed by atoms with van der Waals surface area (Å²) in [6.45, 7) is 3.45. The Balaban J connectivity index is 1.42. The van der Waals surface area contributed by atoms with Gasteiger partial charge in [0.15, 0.2) is 0 Å². The average molecular weight is 358 g/mol. The van der Waals surface area contributed by atoms with Gasteiger partial charge in [-0.1, -0.05) is 30.3 Å². The molecule has 1 saturated heterocycles. The molecule has 27 heavy (non-hydrogen) atoms. The molecule has 1 N–H and O–H groups in total. The van der Waals surface area contributed by atoms with E-state index in [0.29, 0.717) is 18.0 Å². The highest BCUT2D eigenvalue weighted by atomic mass is 16.3. The fraction of sp³-hybridized carbons (Fsp3) is 0.304. The predicted molar refractivity (Wildman–Crippen MR) is 105 cm³/mol. The van der Waals surface area contributed by atoms with Gasteiger partial charge in [-0.05, 0) is 54.7 Å². The minimum atomic E-state index is -0.223. The number of aryl methyl sites for hydroxylation is 1. The van der Waals surface area contributed by atoms with Crippen molar-refractivity contribution in [2.45, 2.75) is 19.4 Å². The third-order valence-corrected chi connectivity index (χ3v) is 6.13. The summed E-state index contributed by atoms with van der Waals surface area (Å²) in [6.07, 6.45) is 0.612. The van der Waals surface area contributed by atoms with Gasteiger partial charge in [-0.15, -0.1) is 0 Å². The standard InChI is InChI=1S/C23H22N2O2/c1-14-5-10-19-18(3-2-4-21(19)24-14)15-6-8-16(9-7-15)23(27)25-12-17-11-22(26)20(17)13-25/h2-10,17,20,22,26H,11-13H2,1H3/t17-,20+,22-/m0/s1. The van der Waals surface area contributed by atoms with Crippen LogP contribution in [0.15, 0.2) is 54.6 Å². The molecule has 4 heteroatoms. The Kier molecular flexibility index (Phi) is 3.76. The van der Waals surface area contributed by atoms with E-state index in [1.165, 1.54) is 0 Å². The molecule has 2 fully saturated rings. The topological polar surface area (TPSA) is 53.4 Å². The summed E-state index contributed by atoms with van der Waals surface area (Å²) in [6, 6.07) is 18.1. The summed E-state index contributed by atoms with van der Waals surface area (Å²) in [5, 5.41) is 10.9. The molecule has 2 aliphatic rings. The summed E-state index contributed by atoms with van der Waals surface area (Å²) < 4.78 is 0. The minimum Gasteiger partial charge on any atom is -0.393 e. The van der Waals surface area contributed by atoms with Crippen LogP contribution in [0.25, 0.3) is 22.0 Å². The Bertz CT molecular complexity index is 1030. The SMILES string of the molecule is Cc1ccc2c(-c3ccc(C(=O)N4C[C@@H]5C[C@H](O)[C@@H]5C4)cc3)cccc2n1. The van der Waals surface area contributed by atoms with Crippen LogP contribution in [0.5, 0.6) is 0 Å². The van der Waals surface area contributed by atoms with Crippen molar-refractivity contribution in [1.82, 2.24) is 9.88 Å². The zero-order valence-corrected chi connectivity index (χ0v) is 15.3. The number of aliphatic hydroxyl groups is 1. The maximum atomic E-state index is 12.8.